The van der Waals surface area contributed by atoms with E-state index in [4.69, 9.17) is 10.3 Å². The molecule has 1 heterocycles. The number of benzene rings is 1. The van der Waals surface area contributed by atoms with E-state index >= 15 is 0 Å². The van der Waals surface area contributed by atoms with Gasteiger partial charge in [0.05, 0.1) is 11.6 Å². The van der Waals surface area contributed by atoms with Gasteiger partial charge in [-0.25, -0.2) is 8.78 Å². The van der Waals surface area contributed by atoms with Crippen LogP contribution >= 0.6 is 0 Å². The Morgan fingerprint density at radius 1 is 1.33 bits per heavy atom. The first-order valence-electron chi connectivity index (χ1n) is 5.70. The fourth-order valence-corrected chi connectivity index (χ4v) is 1.81. The van der Waals surface area contributed by atoms with E-state index in [0.29, 0.717) is 11.7 Å². The molecule has 2 N–H and O–H groups in total. The van der Waals surface area contributed by atoms with Crippen molar-refractivity contribution in [2.24, 2.45) is 11.7 Å². The van der Waals surface area contributed by atoms with Crippen LogP contribution in [0, 0.1) is 17.6 Å². The minimum Gasteiger partial charge on any atom is -0.334 e. The van der Waals surface area contributed by atoms with Gasteiger partial charge in [-0.3, -0.25) is 0 Å². The summed E-state index contributed by atoms with van der Waals surface area (Å²) < 4.78 is 31.6. The van der Waals surface area contributed by atoms with E-state index in [-0.39, 0.29) is 17.5 Å². The van der Waals surface area contributed by atoms with Gasteiger partial charge in [0.15, 0.2) is 17.5 Å². The molecule has 6 heteroatoms. The third kappa shape index (κ3) is 1.88. The summed E-state index contributed by atoms with van der Waals surface area (Å²) in [6, 6.07) is 3.52. The van der Waals surface area contributed by atoms with Gasteiger partial charge >= 0.3 is 0 Å². The van der Waals surface area contributed by atoms with E-state index < -0.39 is 11.6 Å². The van der Waals surface area contributed by atoms with Crippen molar-refractivity contribution in [3.63, 3.8) is 0 Å². The molecule has 0 spiro atoms. The average molecular weight is 251 g/mol. The Balaban J connectivity index is 1.94. The van der Waals surface area contributed by atoms with E-state index in [1.807, 2.05) is 0 Å². The number of nitrogens with two attached hydrogens (primary N) is 1. The lowest BCUT2D eigenvalue weighted by Gasteiger charge is -2.02. The molecule has 18 heavy (non-hydrogen) atoms. The van der Waals surface area contributed by atoms with Crippen LogP contribution in [0.4, 0.5) is 8.78 Å². The second-order valence-corrected chi connectivity index (χ2v) is 4.42. The Morgan fingerprint density at radius 2 is 2.11 bits per heavy atom. The van der Waals surface area contributed by atoms with Crippen molar-refractivity contribution in [1.29, 1.82) is 0 Å². The standard InChI is InChI=1S/C12H11F2N3O/c13-8-3-1-2-7(9(8)14)12-16-11(17-18-12)10(15)6-4-5-6/h1-3,6,10H,4-5,15H2. The third-order valence-corrected chi connectivity index (χ3v) is 3.05. The SMILES string of the molecule is NC(c1noc(-c2cccc(F)c2F)n1)C1CC1. The Hall–Kier alpha value is -1.82. The Morgan fingerprint density at radius 3 is 2.83 bits per heavy atom. The highest BCUT2D eigenvalue weighted by Crippen LogP contribution is 2.38. The second-order valence-electron chi connectivity index (χ2n) is 4.42. The van der Waals surface area contributed by atoms with Crippen molar-refractivity contribution in [3.05, 3.63) is 35.7 Å². The highest BCUT2D eigenvalue weighted by atomic mass is 19.2. The number of nitrogens with zero attached hydrogens (tertiary/aromatic N) is 2. The van der Waals surface area contributed by atoms with Gasteiger partial charge in [-0.05, 0) is 30.9 Å². The zero-order valence-electron chi connectivity index (χ0n) is 9.44. The molecule has 1 fully saturated rings. The van der Waals surface area contributed by atoms with Crippen LogP contribution in [0.3, 0.4) is 0 Å². The summed E-state index contributed by atoms with van der Waals surface area (Å²) in [6.07, 6.45) is 2.08. The van der Waals surface area contributed by atoms with Crippen LogP contribution < -0.4 is 5.73 Å². The van der Waals surface area contributed by atoms with Crippen molar-refractivity contribution < 1.29 is 13.3 Å². The molecule has 1 aromatic carbocycles. The number of hydrogen-bond acceptors (Lipinski definition) is 4. The van der Waals surface area contributed by atoms with Gasteiger partial charge in [0.25, 0.3) is 5.89 Å². The molecule has 0 amide bonds. The molecule has 0 radical (unpaired) electrons. The van der Waals surface area contributed by atoms with Crippen LogP contribution in [0.5, 0.6) is 0 Å². The Labute approximate surface area is 102 Å². The third-order valence-electron chi connectivity index (χ3n) is 3.05. The lowest BCUT2D eigenvalue weighted by molar-refractivity contribution is 0.408. The predicted molar refractivity (Wildman–Crippen MR) is 59.3 cm³/mol. The molecule has 4 nitrogen and oxygen atoms in total. The van der Waals surface area contributed by atoms with Gasteiger partial charge in [0.1, 0.15) is 0 Å². The Bertz CT molecular complexity index is 580. The van der Waals surface area contributed by atoms with Crippen molar-refractivity contribution in [3.8, 4) is 11.5 Å². The fourth-order valence-electron chi connectivity index (χ4n) is 1.81. The summed E-state index contributed by atoms with van der Waals surface area (Å²) in [4.78, 5) is 4.03. The van der Waals surface area contributed by atoms with Gasteiger partial charge in [-0.1, -0.05) is 11.2 Å². The van der Waals surface area contributed by atoms with Crippen LogP contribution in [0.1, 0.15) is 24.7 Å². The van der Waals surface area contributed by atoms with E-state index in [1.54, 1.807) is 0 Å². The average Bonchev–Trinajstić information content (AvgIpc) is 3.10. The zero-order valence-corrected chi connectivity index (χ0v) is 9.44. The number of rotatable bonds is 3. The summed E-state index contributed by atoms with van der Waals surface area (Å²) in [5.74, 6) is -1.27. The minimum absolute atomic E-state index is 0.0434. The van der Waals surface area contributed by atoms with Crippen LogP contribution in [-0.4, -0.2) is 10.1 Å². The molecule has 0 bridgehead atoms. The van der Waals surface area contributed by atoms with Gasteiger partial charge in [0, 0.05) is 0 Å². The molecular formula is C12H11F2N3O. The number of hydrogen-bond donors (Lipinski definition) is 1. The van der Waals surface area contributed by atoms with Crippen molar-refractivity contribution >= 4 is 0 Å². The van der Waals surface area contributed by atoms with Crippen LogP contribution in [0.25, 0.3) is 11.5 Å². The first kappa shape index (κ1) is 11.3. The van der Waals surface area contributed by atoms with Gasteiger partial charge < -0.3 is 10.3 Å². The maximum Gasteiger partial charge on any atom is 0.261 e. The van der Waals surface area contributed by atoms with E-state index in [9.17, 15) is 8.78 Å². The zero-order chi connectivity index (χ0) is 12.7. The first-order chi connectivity index (χ1) is 8.66. The second kappa shape index (κ2) is 4.13. The maximum absolute atomic E-state index is 13.5. The molecule has 1 aromatic heterocycles. The smallest absolute Gasteiger partial charge is 0.261 e. The number of aromatic nitrogens is 2. The summed E-state index contributed by atoms with van der Waals surface area (Å²) in [6.45, 7) is 0. The molecule has 1 atom stereocenters. The molecule has 1 aliphatic carbocycles. The molecule has 1 saturated carbocycles. The van der Waals surface area contributed by atoms with E-state index in [0.717, 1.165) is 18.9 Å². The molecule has 1 aliphatic rings. The van der Waals surface area contributed by atoms with Crippen molar-refractivity contribution in [2.75, 3.05) is 0 Å². The lowest BCUT2D eigenvalue weighted by Crippen LogP contribution is -2.13. The summed E-state index contributed by atoms with van der Waals surface area (Å²) in [5, 5.41) is 3.72. The molecule has 94 valence electrons. The van der Waals surface area contributed by atoms with E-state index in [2.05, 4.69) is 10.1 Å². The molecule has 0 saturated heterocycles. The highest BCUT2D eigenvalue weighted by Gasteiger charge is 2.33. The van der Waals surface area contributed by atoms with Crippen LogP contribution in [-0.2, 0) is 0 Å². The predicted octanol–water partition coefficient (Wildman–Crippen LogP) is 2.42. The molecule has 1 unspecified atom stereocenters. The van der Waals surface area contributed by atoms with Gasteiger partial charge in [-0.15, -0.1) is 0 Å². The molecule has 2 aromatic rings. The van der Waals surface area contributed by atoms with Gasteiger partial charge in [-0.2, -0.15) is 4.98 Å². The quantitative estimate of drug-likeness (QED) is 0.909. The summed E-state index contributed by atoms with van der Waals surface area (Å²) in [5.41, 5.74) is 5.86. The topological polar surface area (TPSA) is 64.9 Å². The van der Waals surface area contributed by atoms with Crippen LogP contribution in [0.15, 0.2) is 22.7 Å². The molecule has 0 aliphatic heterocycles. The highest BCUT2D eigenvalue weighted by molar-refractivity contribution is 5.53. The van der Waals surface area contributed by atoms with E-state index in [1.165, 1.54) is 12.1 Å². The largest absolute Gasteiger partial charge is 0.334 e. The fraction of sp³-hybridized carbons (Fsp3) is 0.333. The normalized spacial score (nSPS) is 16.8. The summed E-state index contributed by atoms with van der Waals surface area (Å²) in [7, 11) is 0. The summed E-state index contributed by atoms with van der Waals surface area (Å²) >= 11 is 0. The Kier molecular flexibility index (Phi) is 2.59. The maximum atomic E-state index is 13.5. The monoisotopic (exact) mass is 251 g/mol. The molecule has 3 rings (SSSR count). The van der Waals surface area contributed by atoms with Crippen molar-refractivity contribution in [1.82, 2.24) is 10.1 Å². The lowest BCUT2D eigenvalue weighted by atomic mass is 10.2. The van der Waals surface area contributed by atoms with Crippen LogP contribution in [0.2, 0.25) is 0 Å². The molecular weight excluding hydrogens is 240 g/mol. The minimum atomic E-state index is -0.993. The number of halogens is 2. The first-order valence-corrected chi connectivity index (χ1v) is 5.70. The van der Waals surface area contributed by atoms with Crippen molar-refractivity contribution in [2.45, 2.75) is 18.9 Å². The van der Waals surface area contributed by atoms with Gasteiger partial charge in [0.2, 0.25) is 0 Å².